The lowest BCUT2D eigenvalue weighted by Crippen LogP contribution is -2.14. The van der Waals surface area contributed by atoms with Gasteiger partial charge in [0.15, 0.2) is 0 Å². The number of hydrogen-bond donors (Lipinski definition) is 2. The van der Waals surface area contributed by atoms with E-state index in [-0.39, 0.29) is 0 Å². The SMILES string of the molecule is COCCCc1nc2c(c(NN)n1)CSC2. The molecule has 1 aromatic rings. The van der Waals surface area contributed by atoms with Gasteiger partial charge in [-0.25, -0.2) is 15.8 Å². The predicted molar refractivity (Wildman–Crippen MR) is 65.0 cm³/mol. The van der Waals surface area contributed by atoms with Crippen LogP contribution in [0.2, 0.25) is 0 Å². The number of nitrogen functional groups attached to an aromatic ring is 1. The van der Waals surface area contributed by atoms with Gasteiger partial charge in [-0.05, 0) is 6.42 Å². The number of fused-ring (bicyclic) bond motifs is 1. The molecule has 0 unspecified atom stereocenters. The van der Waals surface area contributed by atoms with Crippen molar-refractivity contribution in [1.82, 2.24) is 9.97 Å². The van der Waals surface area contributed by atoms with E-state index in [1.807, 2.05) is 11.8 Å². The second-order valence-electron chi connectivity index (χ2n) is 3.65. The van der Waals surface area contributed by atoms with E-state index in [2.05, 4.69) is 15.4 Å². The fraction of sp³-hybridized carbons (Fsp3) is 0.600. The molecule has 0 saturated heterocycles. The van der Waals surface area contributed by atoms with E-state index >= 15 is 0 Å². The summed E-state index contributed by atoms with van der Waals surface area (Å²) >= 11 is 1.85. The zero-order chi connectivity index (χ0) is 11.4. The first kappa shape index (κ1) is 11.6. The van der Waals surface area contributed by atoms with Crippen molar-refractivity contribution in [2.75, 3.05) is 19.1 Å². The molecule has 16 heavy (non-hydrogen) atoms. The number of anilines is 1. The van der Waals surface area contributed by atoms with Crippen molar-refractivity contribution in [3.63, 3.8) is 0 Å². The van der Waals surface area contributed by atoms with Gasteiger partial charge in [-0.3, -0.25) is 0 Å². The summed E-state index contributed by atoms with van der Waals surface area (Å²) in [5.41, 5.74) is 4.94. The molecule has 0 atom stereocenters. The minimum Gasteiger partial charge on any atom is -0.385 e. The van der Waals surface area contributed by atoms with Crippen molar-refractivity contribution in [1.29, 1.82) is 0 Å². The van der Waals surface area contributed by atoms with Crippen LogP contribution in [0, 0.1) is 0 Å². The maximum atomic E-state index is 5.47. The largest absolute Gasteiger partial charge is 0.385 e. The first-order valence-electron chi connectivity index (χ1n) is 5.27. The van der Waals surface area contributed by atoms with Gasteiger partial charge in [0.05, 0.1) is 5.69 Å². The van der Waals surface area contributed by atoms with Gasteiger partial charge in [0.2, 0.25) is 0 Å². The molecule has 0 aromatic carbocycles. The van der Waals surface area contributed by atoms with Gasteiger partial charge < -0.3 is 10.2 Å². The maximum absolute atomic E-state index is 5.47. The van der Waals surface area contributed by atoms with E-state index in [9.17, 15) is 0 Å². The molecule has 6 heteroatoms. The van der Waals surface area contributed by atoms with E-state index < -0.39 is 0 Å². The van der Waals surface area contributed by atoms with Gasteiger partial charge in [0.1, 0.15) is 11.6 Å². The third kappa shape index (κ3) is 2.45. The summed E-state index contributed by atoms with van der Waals surface area (Å²) < 4.78 is 5.01. The molecule has 1 aromatic heterocycles. The first-order chi connectivity index (χ1) is 7.85. The van der Waals surface area contributed by atoms with Gasteiger partial charge in [-0.15, -0.1) is 0 Å². The van der Waals surface area contributed by atoms with E-state index in [1.54, 1.807) is 7.11 Å². The molecule has 3 N–H and O–H groups in total. The number of nitrogens with one attached hydrogen (secondary N) is 1. The summed E-state index contributed by atoms with van der Waals surface area (Å²) in [4.78, 5) is 8.97. The van der Waals surface area contributed by atoms with Crippen LogP contribution >= 0.6 is 11.8 Å². The van der Waals surface area contributed by atoms with Gasteiger partial charge >= 0.3 is 0 Å². The summed E-state index contributed by atoms with van der Waals surface area (Å²) in [6.45, 7) is 0.737. The summed E-state index contributed by atoms with van der Waals surface area (Å²) in [5.74, 6) is 9.02. The van der Waals surface area contributed by atoms with Crippen LogP contribution in [-0.2, 0) is 22.7 Å². The lowest BCUT2D eigenvalue weighted by Gasteiger charge is -2.08. The number of thioether (sulfide) groups is 1. The highest BCUT2D eigenvalue weighted by Crippen LogP contribution is 2.32. The van der Waals surface area contributed by atoms with Crippen molar-refractivity contribution in [2.45, 2.75) is 24.3 Å². The number of ether oxygens (including phenoxy) is 1. The molecule has 0 bridgehead atoms. The fourth-order valence-electron chi connectivity index (χ4n) is 1.71. The molecular weight excluding hydrogens is 224 g/mol. The van der Waals surface area contributed by atoms with Crippen LogP contribution in [0.3, 0.4) is 0 Å². The molecule has 0 radical (unpaired) electrons. The van der Waals surface area contributed by atoms with Crippen LogP contribution in [0.1, 0.15) is 23.5 Å². The zero-order valence-corrected chi connectivity index (χ0v) is 10.1. The third-order valence-electron chi connectivity index (χ3n) is 2.51. The van der Waals surface area contributed by atoms with Crippen molar-refractivity contribution in [2.24, 2.45) is 5.84 Å². The zero-order valence-electron chi connectivity index (χ0n) is 9.32. The number of hydrazine groups is 1. The third-order valence-corrected chi connectivity index (χ3v) is 3.48. The van der Waals surface area contributed by atoms with Crippen LogP contribution < -0.4 is 11.3 Å². The molecule has 0 aliphatic carbocycles. The molecule has 88 valence electrons. The molecule has 1 aliphatic rings. The molecule has 2 heterocycles. The maximum Gasteiger partial charge on any atom is 0.148 e. The standard InChI is InChI=1S/C10H16N4OS/c1-15-4-2-3-9-12-8-6-16-5-7(8)10(13-9)14-11/h2-6,11H2,1H3,(H,12,13,14). The van der Waals surface area contributed by atoms with Gasteiger partial charge in [0.25, 0.3) is 0 Å². The highest BCUT2D eigenvalue weighted by molar-refractivity contribution is 7.98. The lowest BCUT2D eigenvalue weighted by atomic mass is 10.2. The Morgan fingerprint density at radius 1 is 1.44 bits per heavy atom. The average molecular weight is 240 g/mol. The number of nitrogens with two attached hydrogens (primary N) is 1. The Labute approximate surface area is 99.2 Å². The van der Waals surface area contributed by atoms with Crippen LogP contribution in [-0.4, -0.2) is 23.7 Å². The Bertz CT molecular complexity index is 372. The van der Waals surface area contributed by atoms with Crippen LogP contribution in [0.5, 0.6) is 0 Å². The average Bonchev–Trinajstić information content (AvgIpc) is 2.76. The summed E-state index contributed by atoms with van der Waals surface area (Å²) in [7, 11) is 1.70. The molecule has 0 saturated carbocycles. The molecule has 0 amide bonds. The summed E-state index contributed by atoms with van der Waals surface area (Å²) in [6.07, 6.45) is 1.77. The van der Waals surface area contributed by atoms with Crippen LogP contribution in [0.4, 0.5) is 5.82 Å². The second-order valence-corrected chi connectivity index (χ2v) is 4.63. The molecular formula is C10H16N4OS. The van der Waals surface area contributed by atoms with Crippen molar-refractivity contribution in [3.05, 3.63) is 17.1 Å². The molecule has 1 aliphatic heterocycles. The number of aryl methyl sites for hydroxylation is 1. The lowest BCUT2D eigenvalue weighted by molar-refractivity contribution is 0.194. The fourth-order valence-corrected chi connectivity index (χ4v) is 2.75. The Kier molecular flexibility index (Phi) is 3.98. The predicted octanol–water partition coefficient (Wildman–Crippen LogP) is 1.09. The highest BCUT2D eigenvalue weighted by atomic mass is 32.2. The van der Waals surface area contributed by atoms with Gasteiger partial charge in [-0.2, -0.15) is 11.8 Å². The first-order valence-corrected chi connectivity index (χ1v) is 6.42. The number of nitrogens with zero attached hydrogens (tertiary/aromatic N) is 2. The van der Waals surface area contributed by atoms with E-state index in [0.717, 1.165) is 53.9 Å². The number of methoxy groups -OCH3 is 1. The minimum atomic E-state index is 0.737. The van der Waals surface area contributed by atoms with E-state index in [1.165, 1.54) is 0 Å². The van der Waals surface area contributed by atoms with E-state index in [4.69, 9.17) is 10.6 Å². The Hall–Kier alpha value is -0.850. The van der Waals surface area contributed by atoms with Gasteiger partial charge in [0, 0.05) is 37.2 Å². The van der Waals surface area contributed by atoms with Crippen molar-refractivity contribution < 1.29 is 4.74 Å². The van der Waals surface area contributed by atoms with Crippen LogP contribution in [0.15, 0.2) is 0 Å². The number of aromatic nitrogens is 2. The molecule has 0 spiro atoms. The topological polar surface area (TPSA) is 73.1 Å². The monoisotopic (exact) mass is 240 g/mol. The normalized spacial score (nSPS) is 13.9. The molecule has 2 rings (SSSR count). The highest BCUT2D eigenvalue weighted by Gasteiger charge is 2.18. The summed E-state index contributed by atoms with van der Waals surface area (Å²) in [5, 5.41) is 0. The Balaban J connectivity index is 2.14. The number of hydrogen-bond acceptors (Lipinski definition) is 6. The number of rotatable bonds is 5. The summed E-state index contributed by atoms with van der Waals surface area (Å²) in [6, 6.07) is 0. The Morgan fingerprint density at radius 2 is 2.31 bits per heavy atom. The van der Waals surface area contributed by atoms with Gasteiger partial charge in [-0.1, -0.05) is 0 Å². The molecule has 5 nitrogen and oxygen atoms in total. The van der Waals surface area contributed by atoms with Crippen molar-refractivity contribution in [3.8, 4) is 0 Å². The molecule has 0 fully saturated rings. The van der Waals surface area contributed by atoms with Crippen LogP contribution in [0.25, 0.3) is 0 Å². The van der Waals surface area contributed by atoms with E-state index in [0.29, 0.717) is 0 Å². The Morgan fingerprint density at radius 3 is 3.06 bits per heavy atom. The minimum absolute atomic E-state index is 0.737. The smallest absolute Gasteiger partial charge is 0.148 e. The second kappa shape index (κ2) is 5.47. The van der Waals surface area contributed by atoms with Crippen molar-refractivity contribution >= 4 is 17.6 Å². The quantitative estimate of drug-likeness (QED) is 0.456.